The zero-order valence-corrected chi connectivity index (χ0v) is 39.4. The molecule has 8 atom stereocenters. The molecule has 1 rings (SSSR count). The summed E-state index contributed by atoms with van der Waals surface area (Å²) in [6.07, 6.45) is 28.6. The van der Waals surface area contributed by atoms with Crippen molar-refractivity contribution in [3.63, 3.8) is 0 Å². The molecule has 1 aliphatic heterocycles. The second-order valence-corrected chi connectivity index (χ2v) is 19.0. The van der Waals surface area contributed by atoms with Crippen LogP contribution in [0, 0.1) is 0 Å². The molecule has 14 heteroatoms. The number of nitrogens with one attached hydrogen (secondary N) is 1. The molecule has 364 valence electrons. The van der Waals surface area contributed by atoms with E-state index in [1.54, 1.807) is 0 Å². The van der Waals surface area contributed by atoms with Gasteiger partial charge in [0.1, 0.15) is 30.5 Å². The fourth-order valence-corrected chi connectivity index (χ4v) is 8.80. The number of aliphatic hydroxyl groups is 5. The predicted molar refractivity (Wildman–Crippen MR) is 242 cm³/mol. The second-order valence-electron chi connectivity index (χ2n) is 17.9. The molecule has 0 aromatic heterocycles. The molecule has 61 heavy (non-hydrogen) atoms. The van der Waals surface area contributed by atoms with Crippen LogP contribution in [0.5, 0.6) is 0 Å². The van der Waals surface area contributed by atoms with E-state index < -0.39 is 78.5 Å². The summed E-state index contributed by atoms with van der Waals surface area (Å²) in [5, 5.41) is 55.4. The van der Waals surface area contributed by atoms with Gasteiger partial charge in [0.2, 0.25) is 5.91 Å². The summed E-state index contributed by atoms with van der Waals surface area (Å²) in [6, 6.07) is -1.03. The van der Waals surface area contributed by atoms with Gasteiger partial charge in [-0.15, -0.1) is 0 Å². The highest BCUT2D eigenvalue weighted by Crippen LogP contribution is 2.26. The Morgan fingerprint density at radius 1 is 0.590 bits per heavy atom. The van der Waals surface area contributed by atoms with Crippen molar-refractivity contribution in [3.05, 3.63) is 0 Å². The van der Waals surface area contributed by atoms with E-state index in [-0.39, 0.29) is 6.42 Å². The quantitative estimate of drug-likeness (QED) is 0.0226. The minimum Gasteiger partial charge on any atom is -0.394 e. The van der Waals surface area contributed by atoms with E-state index in [9.17, 15) is 43.3 Å². The van der Waals surface area contributed by atoms with Gasteiger partial charge in [0, 0.05) is 0 Å². The summed E-state index contributed by atoms with van der Waals surface area (Å²) in [4.78, 5) is 13.1. The number of hydrogen-bond donors (Lipinski definition) is 7. The summed E-state index contributed by atoms with van der Waals surface area (Å²) in [5.74, 6) is -0.667. The first-order valence-corrected chi connectivity index (χ1v) is 26.4. The number of carbonyl (C=O) groups is 1. The smallest absolute Gasteiger partial charge is 0.394 e. The van der Waals surface area contributed by atoms with E-state index in [1.165, 1.54) is 154 Å². The number of carbonyl (C=O) groups excluding carboxylic acids is 1. The Balaban J connectivity index is 2.47. The van der Waals surface area contributed by atoms with Gasteiger partial charge in [-0.25, -0.2) is 4.18 Å². The molecule has 0 aromatic rings. The molecule has 0 saturated carbocycles. The highest BCUT2D eigenvalue weighted by molar-refractivity contribution is 7.80. The van der Waals surface area contributed by atoms with E-state index in [2.05, 4.69) is 23.3 Å². The van der Waals surface area contributed by atoms with Crippen molar-refractivity contribution in [1.82, 2.24) is 5.32 Å². The van der Waals surface area contributed by atoms with E-state index in [0.29, 0.717) is 19.3 Å². The molecule has 1 saturated heterocycles. The molecule has 7 N–H and O–H groups in total. The number of amides is 1. The van der Waals surface area contributed by atoms with E-state index in [4.69, 9.17) is 9.47 Å². The SMILES string of the molecule is CCCCCCCCCCCCCCCCCCCCCCCC(O)C(COC1OC(CO)C(O)C(OS(=O)(=O)O)C1O)NC(=O)C(O)CCCCCCCCCCCCC. The van der Waals surface area contributed by atoms with Crippen molar-refractivity contribution < 1.29 is 57.0 Å². The Hall–Kier alpha value is -0.940. The topological polar surface area (TPSA) is 212 Å². The minimum absolute atomic E-state index is 0.265. The third kappa shape index (κ3) is 30.8. The van der Waals surface area contributed by atoms with Crippen molar-refractivity contribution >= 4 is 16.3 Å². The van der Waals surface area contributed by atoms with Crippen LogP contribution in [0.1, 0.15) is 232 Å². The molecule has 13 nitrogen and oxygen atoms in total. The number of unbranched alkanes of at least 4 members (excludes halogenated alkanes) is 30. The Morgan fingerprint density at radius 3 is 1.31 bits per heavy atom. The van der Waals surface area contributed by atoms with E-state index in [0.717, 1.165) is 38.5 Å². The molecule has 0 spiro atoms. The molecule has 8 unspecified atom stereocenters. The van der Waals surface area contributed by atoms with Crippen LogP contribution in [0.2, 0.25) is 0 Å². The van der Waals surface area contributed by atoms with Crippen LogP contribution < -0.4 is 5.32 Å². The molecule has 1 aliphatic rings. The lowest BCUT2D eigenvalue weighted by Gasteiger charge is -2.41. The van der Waals surface area contributed by atoms with Crippen molar-refractivity contribution in [2.24, 2.45) is 0 Å². The Morgan fingerprint density at radius 2 is 0.951 bits per heavy atom. The number of rotatable bonds is 43. The van der Waals surface area contributed by atoms with Gasteiger partial charge in [0.05, 0.1) is 25.4 Å². The first-order chi connectivity index (χ1) is 29.4. The van der Waals surface area contributed by atoms with Crippen LogP contribution in [-0.4, -0.2) is 107 Å². The minimum atomic E-state index is -5.11. The monoisotopic (exact) mass is 896 g/mol. The molecular weight excluding hydrogens is 803 g/mol. The fourth-order valence-electron chi connectivity index (χ4n) is 8.29. The summed E-state index contributed by atoms with van der Waals surface area (Å²) in [5.41, 5.74) is 0. The maximum atomic E-state index is 13.1. The molecule has 0 aromatic carbocycles. The molecule has 0 bridgehead atoms. The van der Waals surface area contributed by atoms with Crippen LogP contribution in [0.15, 0.2) is 0 Å². The summed E-state index contributed by atoms with van der Waals surface area (Å²) >= 11 is 0. The van der Waals surface area contributed by atoms with Crippen molar-refractivity contribution in [1.29, 1.82) is 0 Å². The zero-order chi connectivity index (χ0) is 45.0. The molecule has 1 heterocycles. The average molecular weight is 896 g/mol. The third-order valence-electron chi connectivity index (χ3n) is 12.3. The maximum absolute atomic E-state index is 13.1. The predicted octanol–water partition coefficient (Wildman–Crippen LogP) is 9.14. The molecular formula is C47H93NO12S. The first-order valence-electron chi connectivity index (χ1n) is 25.0. The Labute approximate surface area is 371 Å². The van der Waals surface area contributed by atoms with E-state index in [1.807, 2.05) is 0 Å². The number of aliphatic hydroxyl groups excluding tert-OH is 5. The van der Waals surface area contributed by atoms with Gasteiger partial charge in [0.25, 0.3) is 0 Å². The van der Waals surface area contributed by atoms with Crippen LogP contribution in [0.25, 0.3) is 0 Å². The second kappa shape index (κ2) is 38.3. The van der Waals surface area contributed by atoms with Gasteiger partial charge in [-0.1, -0.05) is 219 Å². The highest BCUT2D eigenvalue weighted by Gasteiger charge is 2.48. The number of hydrogen-bond acceptors (Lipinski definition) is 11. The van der Waals surface area contributed by atoms with Gasteiger partial charge in [-0.05, 0) is 12.8 Å². The fraction of sp³-hybridized carbons (Fsp3) is 0.979. The standard InChI is InChI=1S/C47H93NO12S/c1-3-5-7-9-11-13-15-16-17-18-19-20-21-22-23-24-26-27-29-31-33-35-40(50)39(38-58-47-44(53)45(60-61(55,56)57)43(52)42(37-49)59-47)48-46(54)41(51)36-34-32-30-28-25-14-12-10-8-6-4-2/h39-45,47,49-53H,3-38H2,1-2H3,(H,48,54)(H,55,56,57). The highest BCUT2D eigenvalue weighted by atomic mass is 32.3. The number of ether oxygens (including phenoxy) is 2. The van der Waals surface area contributed by atoms with Crippen LogP contribution in [-0.2, 0) is 28.9 Å². The average Bonchev–Trinajstić information content (AvgIpc) is 3.23. The van der Waals surface area contributed by atoms with Gasteiger partial charge < -0.3 is 40.3 Å². The summed E-state index contributed by atoms with van der Waals surface area (Å²) < 4.78 is 47.6. The van der Waals surface area contributed by atoms with Gasteiger partial charge in [-0.3, -0.25) is 9.35 Å². The molecule has 0 aliphatic carbocycles. The van der Waals surface area contributed by atoms with Crippen molar-refractivity contribution in [3.8, 4) is 0 Å². The molecule has 1 fully saturated rings. The van der Waals surface area contributed by atoms with Gasteiger partial charge >= 0.3 is 10.4 Å². The summed E-state index contributed by atoms with van der Waals surface area (Å²) in [7, 11) is -5.11. The van der Waals surface area contributed by atoms with Crippen molar-refractivity contribution in [2.45, 2.75) is 281 Å². The van der Waals surface area contributed by atoms with Crippen molar-refractivity contribution in [2.75, 3.05) is 13.2 Å². The van der Waals surface area contributed by atoms with Crippen LogP contribution >= 0.6 is 0 Å². The van der Waals surface area contributed by atoms with Gasteiger partial charge in [0.15, 0.2) is 6.29 Å². The summed E-state index contributed by atoms with van der Waals surface area (Å²) in [6.45, 7) is 3.29. The maximum Gasteiger partial charge on any atom is 0.397 e. The lowest BCUT2D eigenvalue weighted by molar-refractivity contribution is -0.298. The Bertz CT molecular complexity index is 1120. The van der Waals surface area contributed by atoms with Gasteiger partial charge in [-0.2, -0.15) is 8.42 Å². The first kappa shape index (κ1) is 58.1. The molecule has 0 radical (unpaired) electrons. The zero-order valence-electron chi connectivity index (χ0n) is 38.6. The normalized spacial score (nSPS) is 21.1. The molecule has 1 amide bonds. The van der Waals surface area contributed by atoms with Crippen LogP contribution in [0.4, 0.5) is 0 Å². The lowest BCUT2D eigenvalue weighted by Crippen LogP contribution is -2.61. The van der Waals surface area contributed by atoms with Crippen LogP contribution in [0.3, 0.4) is 0 Å². The lowest BCUT2D eigenvalue weighted by atomic mass is 9.99. The third-order valence-corrected chi connectivity index (χ3v) is 12.7. The largest absolute Gasteiger partial charge is 0.397 e. The van der Waals surface area contributed by atoms with E-state index >= 15 is 0 Å². The Kier molecular flexibility index (Phi) is 36.5.